The zero-order chi connectivity index (χ0) is 11.6. The molecule has 3 saturated heterocycles. The van der Waals surface area contributed by atoms with Crippen LogP contribution in [0.5, 0.6) is 0 Å². The molecule has 90 valence electrons. The molecule has 0 N–H and O–H groups in total. The van der Waals surface area contributed by atoms with Crippen molar-refractivity contribution in [2.75, 3.05) is 13.7 Å². The maximum Gasteiger partial charge on any atom is 0.313 e. The van der Waals surface area contributed by atoms with Gasteiger partial charge in [-0.3, -0.25) is 9.69 Å². The predicted molar refractivity (Wildman–Crippen MR) is 52.1 cm³/mol. The molecule has 5 heteroatoms. The highest BCUT2D eigenvalue weighted by Gasteiger charge is 2.63. The minimum absolute atomic E-state index is 0.0950. The molecule has 0 amide bonds. The minimum atomic E-state index is -2.54. The van der Waals surface area contributed by atoms with Crippen molar-refractivity contribution in [1.82, 2.24) is 4.90 Å². The zero-order valence-corrected chi connectivity index (χ0v) is 9.21. The summed E-state index contributed by atoms with van der Waals surface area (Å²) in [4.78, 5) is 13.8. The highest BCUT2D eigenvalue weighted by Crippen LogP contribution is 2.55. The summed E-state index contributed by atoms with van der Waals surface area (Å²) in [6, 6.07) is -0.247. The van der Waals surface area contributed by atoms with Crippen molar-refractivity contribution in [1.29, 1.82) is 0 Å². The fourth-order valence-corrected chi connectivity index (χ4v) is 3.85. The lowest BCUT2D eigenvalue weighted by Crippen LogP contribution is -2.50. The Morgan fingerprint density at radius 1 is 1.25 bits per heavy atom. The van der Waals surface area contributed by atoms with Gasteiger partial charge in [0.25, 0.3) is 5.92 Å². The van der Waals surface area contributed by atoms with E-state index in [0.29, 0.717) is 19.4 Å². The molecule has 3 aliphatic heterocycles. The molecule has 0 aromatic rings. The van der Waals surface area contributed by atoms with Crippen LogP contribution >= 0.6 is 0 Å². The number of piperidine rings is 2. The molecule has 3 fully saturated rings. The molecule has 0 spiro atoms. The Labute approximate surface area is 92.7 Å². The van der Waals surface area contributed by atoms with Gasteiger partial charge in [0.2, 0.25) is 0 Å². The van der Waals surface area contributed by atoms with Crippen LogP contribution in [0.2, 0.25) is 0 Å². The van der Waals surface area contributed by atoms with Crippen molar-refractivity contribution < 1.29 is 18.3 Å². The molecule has 0 radical (unpaired) electrons. The van der Waals surface area contributed by atoms with Crippen LogP contribution in [0.15, 0.2) is 0 Å². The quantitative estimate of drug-likeness (QED) is 0.639. The predicted octanol–water partition coefficient (Wildman–Crippen LogP) is 1.42. The second-order valence-electron chi connectivity index (χ2n) is 5.42. The Bertz CT molecular complexity index is 327. The maximum atomic E-state index is 13.4. The minimum Gasteiger partial charge on any atom is -0.469 e. The average molecular weight is 231 g/mol. The number of methoxy groups -OCH3 is 1. The first-order chi connectivity index (χ1) is 7.46. The summed E-state index contributed by atoms with van der Waals surface area (Å²) >= 11 is 0. The van der Waals surface area contributed by atoms with E-state index < -0.39 is 11.3 Å². The van der Waals surface area contributed by atoms with Gasteiger partial charge in [0, 0.05) is 31.5 Å². The smallest absolute Gasteiger partial charge is 0.313 e. The van der Waals surface area contributed by atoms with Gasteiger partial charge >= 0.3 is 5.97 Å². The molecule has 0 aromatic carbocycles. The van der Waals surface area contributed by atoms with Crippen LogP contribution in [0, 0.1) is 5.41 Å². The third kappa shape index (κ3) is 1.24. The number of carbonyl (C=O) groups excluding carboxylic acids is 1. The van der Waals surface area contributed by atoms with Crippen LogP contribution in [-0.2, 0) is 9.53 Å². The normalized spacial score (nSPS) is 44.7. The third-order valence-corrected chi connectivity index (χ3v) is 4.36. The van der Waals surface area contributed by atoms with Gasteiger partial charge in [0.05, 0.1) is 12.5 Å². The Morgan fingerprint density at radius 2 is 1.81 bits per heavy atom. The van der Waals surface area contributed by atoms with Crippen LogP contribution in [0.3, 0.4) is 0 Å². The number of esters is 1. The van der Waals surface area contributed by atoms with Crippen molar-refractivity contribution in [3.8, 4) is 0 Å². The molecule has 2 unspecified atom stereocenters. The second kappa shape index (κ2) is 2.94. The number of halogens is 2. The van der Waals surface area contributed by atoms with E-state index in [4.69, 9.17) is 4.74 Å². The summed E-state index contributed by atoms with van der Waals surface area (Å²) in [5.74, 6) is -2.76. The van der Waals surface area contributed by atoms with Crippen LogP contribution < -0.4 is 0 Å². The standard InChI is InChI=1S/C11H15F2NO2/c1-16-9(15)10-2-7-4-11(12,13)5-8(3-10)14(7)6-10/h7-8H,2-6H2,1H3. The molecule has 3 aliphatic rings. The summed E-state index contributed by atoms with van der Waals surface area (Å²) in [6.45, 7) is 0.616. The molecule has 0 aliphatic carbocycles. The maximum absolute atomic E-state index is 13.4. The van der Waals surface area contributed by atoms with Crippen LogP contribution in [-0.4, -0.2) is 42.5 Å². The van der Waals surface area contributed by atoms with Crippen molar-refractivity contribution in [3.05, 3.63) is 0 Å². The first-order valence-corrected chi connectivity index (χ1v) is 5.68. The largest absolute Gasteiger partial charge is 0.469 e. The lowest BCUT2D eigenvalue weighted by molar-refractivity contribution is -0.153. The van der Waals surface area contributed by atoms with Crippen molar-refractivity contribution in [2.24, 2.45) is 5.41 Å². The molecule has 16 heavy (non-hydrogen) atoms. The highest BCUT2D eigenvalue weighted by atomic mass is 19.3. The van der Waals surface area contributed by atoms with E-state index in [-0.39, 0.29) is 30.9 Å². The Kier molecular flexibility index (Phi) is 1.92. The number of hydrogen-bond acceptors (Lipinski definition) is 3. The number of alkyl halides is 2. The average Bonchev–Trinajstić information content (AvgIpc) is 2.69. The third-order valence-electron chi connectivity index (χ3n) is 4.36. The number of hydrogen-bond donors (Lipinski definition) is 0. The fraction of sp³-hybridized carbons (Fsp3) is 0.909. The molecule has 3 nitrogen and oxygen atoms in total. The molecular formula is C11H15F2NO2. The first kappa shape index (κ1) is 10.4. The fourth-order valence-electron chi connectivity index (χ4n) is 3.85. The monoisotopic (exact) mass is 231 g/mol. The van der Waals surface area contributed by atoms with E-state index in [1.807, 2.05) is 0 Å². The van der Waals surface area contributed by atoms with Gasteiger partial charge in [-0.2, -0.15) is 0 Å². The summed E-state index contributed by atoms with van der Waals surface area (Å²) in [7, 11) is 1.38. The van der Waals surface area contributed by atoms with E-state index in [0.717, 1.165) is 0 Å². The number of carbonyl (C=O) groups is 1. The van der Waals surface area contributed by atoms with E-state index in [1.54, 1.807) is 0 Å². The molecule has 2 atom stereocenters. The van der Waals surface area contributed by atoms with Gasteiger partial charge in [-0.25, -0.2) is 8.78 Å². The second-order valence-corrected chi connectivity index (χ2v) is 5.42. The van der Waals surface area contributed by atoms with Crippen LogP contribution in [0.1, 0.15) is 25.7 Å². The summed E-state index contributed by atoms with van der Waals surface area (Å²) in [6.07, 6.45) is 0.905. The van der Waals surface area contributed by atoms with Gasteiger partial charge in [-0.05, 0) is 12.8 Å². The van der Waals surface area contributed by atoms with E-state index in [2.05, 4.69) is 4.90 Å². The lowest BCUT2D eigenvalue weighted by atomic mass is 9.74. The van der Waals surface area contributed by atoms with Crippen molar-refractivity contribution >= 4 is 5.97 Å². The first-order valence-electron chi connectivity index (χ1n) is 5.68. The van der Waals surface area contributed by atoms with Crippen LogP contribution in [0.4, 0.5) is 8.78 Å². The number of nitrogens with zero attached hydrogens (tertiary/aromatic N) is 1. The summed E-state index contributed by atoms with van der Waals surface area (Å²) < 4.78 is 31.6. The van der Waals surface area contributed by atoms with E-state index in [9.17, 15) is 13.6 Å². The highest BCUT2D eigenvalue weighted by molar-refractivity contribution is 5.78. The molecular weight excluding hydrogens is 216 g/mol. The molecule has 3 rings (SSSR count). The van der Waals surface area contributed by atoms with Gasteiger partial charge in [-0.15, -0.1) is 0 Å². The number of ether oxygens (including phenoxy) is 1. The van der Waals surface area contributed by atoms with Gasteiger partial charge < -0.3 is 4.74 Å². The molecule has 3 heterocycles. The molecule has 2 bridgehead atoms. The van der Waals surface area contributed by atoms with Crippen molar-refractivity contribution in [2.45, 2.75) is 43.7 Å². The van der Waals surface area contributed by atoms with Crippen molar-refractivity contribution in [3.63, 3.8) is 0 Å². The van der Waals surface area contributed by atoms with Gasteiger partial charge in [-0.1, -0.05) is 0 Å². The van der Waals surface area contributed by atoms with E-state index in [1.165, 1.54) is 7.11 Å². The Morgan fingerprint density at radius 3 is 2.31 bits per heavy atom. The SMILES string of the molecule is COC(=O)C12CC3CC(F)(F)CC(C1)N3C2. The Balaban J connectivity index is 1.87. The Hall–Kier alpha value is -0.710. The molecule has 0 aromatic heterocycles. The van der Waals surface area contributed by atoms with E-state index >= 15 is 0 Å². The van der Waals surface area contributed by atoms with Gasteiger partial charge in [0.1, 0.15) is 0 Å². The summed E-state index contributed by atoms with van der Waals surface area (Å²) in [5, 5.41) is 0. The van der Waals surface area contributed by atoms with Gasteiger partial charge in [0.15, 0.2) is 0 Å². The number of fused-ring (bicyclic) bond motifs is 1. The summed E-state index contributed by atoms with van der Waals surface area (Å²) in [5.41, 5.74) is -0.486. The zero-order valence-electron chi connectivity index (χ0n) is 9.21. The number of rotatable bonds is 1. The molecule has 0 saturated carbocycles. The topological polar surface area (TPSA) is 29.5 Å². The van der Waals surface area contributed by atoms with Crippen LogP contribution in [0.25, 0.3) is 0 Å². The lowest BCUT2D eigenvalue weighted by Gasteiger charge is -2.42.